The van der Waals surface area contributed by atoms with Gasteiger partial charge in [-0.25, -0.2) is 4.79 Å². The summed E-state index contributed by atoms with van der Waals surface area (Å²) >= 11 is 13.0. The number of nitrogens with zero attached hydrogens (tertiary/aromatic N) is 1. The van der Waals surface area contributed by atoms with Crippen LogP contribution in [0.4, 0.5) is 11.4 Å². The number of nitrogens with one attached hydrogen (secondary N) is 1. The van der Waals surface area contributed by atoms with Crippen molar-refractivity contribution < 1.29 is 19.6 Å². The molecule has 0 saturated heterocycles. The van der Waals surface area contributed by atoms with Crippen LogP contribution in [0.15, 0.2) is 36.4 Å². The number of halogens is 2. The molecule has 1 heterocycles. The largest absolute Gasteiger partial charge is 0.478 e. The second-order valence-electron chi connectivity index (χ2n) is 5.11. The fourth-order valence-electron chi connectivity index (χ4n) is 2.32. The lowest BCUT2D eigenvalue weighted by Crippen LogP contribution is -2.11. The zero-order valence-electron chi connectivity index (χ0n) is 12.7. The molecule has 0 spiro atoms. The first-order valence-electron chi connectivity index (χ1n) is 6.99. The molecule has 7 nitrogen and oxygen atoms in total. The number of carbonyl (C=O) groups is 2. The summed E-state index contributed by atoms with van der Waals surface area (Å²) in [6.45, 7) is 0. The van der Waals surface area contributed by atoms with Crippen molar-refractivity contribution in [2.24, 2.45) is 0 Å². The molecule has 26 heavy (non-hydrogen) atoms. The molecule has 3 aromatic rings. The van der Waals surface area contributed by atoms with Gasteiger partial charge in [-0.05, 0) is 18.2 Å². The van der Waals surface area contributed by atoms with Gasteiger partial charge in [-0.3, -0.25) is 14.9 Å². The molecule has 1 amide bonds. The third kappa shape index (κ3) is 3.22. The number of benzene rings is 2. The normalized spacial score (nSPS) is 10.7. The van der Waals surface area contributed by atoms with Gasteiger partial charge in [-0.15, -0.1) is 11.3 Å². The summed E-state index contributed by atoms with van der Waals surface area (Å²) in [6.07, 6.45) is 0. The van der Waals surface area contributed by atoms with Crippen molar-refractivity contribution in [2.45, 2.75) is 0 Å². The van der Waals surface area contributed by atoms with Gasteiger partial charge >= 0.3 is 5.97 Å². The maximum Gasteiger partial charge on any atom is 0.337 e. The van der Waals surface area contributed by atoms with Crippen molar-refractivity contribution in [1.82, 2.24) is 0 Å². The van der Waals surface area contributed by atoms with Crippen LogP contribution in [-0.4, -0.2) is 21.9 Å². The number of anilines is 1. The molecule has 0 saturated carbocycles. The number of non-ortho nitro benzene ring substituents is 1. The Morgan fingerprint density at radius 3 is 2.54 bits per heavy atom. The van der Waals surface area contributed by atoms with Gasteiger partial charge in [0.15, 0.2) is 0 Å². The highest BCUT2D eigenvalue weighted by Crippen LogP contribution is 2.40. The number of thiophene rings is 1. The van der Waals surface area contributed by atoms with E-state index in [-0.39, 0.29) is 31.9 Å². The average molecular weight is 411 g/mol. The van der Waals surface area contributed by atoms with Gasteiger partial charge < -0.3 is 10.4 Å². The molecule has 1 aromatic heterocycles. The molecule has 0 atom stereocenters. The molecule has 0 unspecified atom stereocenters. The molecular weight excluding hydrogens is 403 g/mol. The van der Waals surface area contributed by atoms with E-state index in [2.05, 4.69) is 5.32 Å². The predicted molar refractivity (Wildman–Crippen MR) is 99.9 cm³/mol. The van der Waals surface area contributed by atoms with Crippen LogP contribution in [0.2, 0.25) is 10.0 Å². The van der Waals surface area contributed by atoms with E-state index in [1.54, 1.807) is 6.07 Å². The molecule has 0 aliphatic heterocycles. The van der Waals surface area contributed by atoms with Crippen molar-refractivity contribution in [3.05, 3.63) is 67.0 Å². The summed E-state index contributed by atoms with van der Waals surface area (Å²) in [5, 5.41) is 23.1. The van der Waals surface area contributed by atoms with E-state index in [1.165, 1.54) is 30.3 Å². The molecule has 10 heteroatoms. The Morgan fingerprint density at radius 1 is 1.19 bits per heavy atom. The molecule has 0 bridgehead atoms. The molecule has 2 N–H and O–H groups in total. The van der Waals surface area contributed by atoms with Crippen molar-refractivity contribution in [2.75, 3.05) is 5.32 Å². The minimum atomic E-state index is -1.19. The molecule has 0 aliphatic carbocycles. The van der Waals surface area contributed by atoms with Gasteiger partial charge in [-0.2, -0.15) is 0 Å². The highest BCUT2D eigenvalue weighted by atomic mass is 35.5. The van der Waals surface area contributed by atoms with Crippen LogP contribution >= 0.6 is 34.5 Å². The van der Waals surface area contributed by atoms with E-state index < -0.39 is 16.8 Å². The average Bonchev–Trinajstić information content (AvgIpc) is 2.91. The van der Waals surface area contributed by atoms with Gasteiger partial charge in [0.25, 0.3) is 11.6 Å². The van der Waals surface area contributed by atoms with Crippen molar-refractivity contribution in [1.29, 1.82) is 0 Å². The Hall–Kier alpha value is -2.68. The Balaban J connectivity index is 1.97. The molecular formula is C16H8Cl2N2O5S. The second kappa shape index (κ2) is 6.91. The molecule has 132 valence electrons. The van der Waals surface area contributed by atoms with Gasteiger partial charge in [-0.1, -0.05) is 35.3 Å². The number of rotatable bonds is 4. The Morgan fingerprint density at radius 2 is 1.92 bits per heavy atom. The van der Waals surface area contributed by atoms with Crippen LogP contribution in [0, 0.1) is 10.1 Å². The molecule has 0 fully saturated rings. The lowest BCUT2D eigenvalue weighted by atomic mass is 10.2. The lowest BCUT2D eigenvalue weighted by molar-refractivity contribution is -0.382. The van der Waals surface area contributed by atoms with Crippen LogP contribution < -0.4 is 5.32 Å². The van der Waals surface area contributed by atoms with Gasteiger partial charge in [0.2, 0.25) is 0 Å². The summed E-state index contributed by atoms with van der Waals surface area (Å²) in [5.41, 5.74) is 0.0375. The topological polar surface area (TPSA) is 110 Å². The van der Waals surface area contributed by atoms with E-state index in [0.29, 0.717) is 10.1 Å². The quantitative estimate of drug-likeness (QED) is 0.460. The van der Waals surface area contributed by atoms with E-state index in [9.17, 15) is 19.7 Å². The summed E-state index contributed by atoms with van der Waals surface area (Å²) < 4.78 is 0.298. The standard InChI is InChI=1S/C16H8Cl2N2O5S/c17-10-6-7(4-5-8(10)16(22)23)19-15(21)14-12(18)9-2-1-3-11(20(24)25)13(9)26-14/h1-6H,(H,19,21)(H,22,23). The molecule has 0 radical (unpaired) electrons. The highest BCUT2D eigenvalue weighted by molar-refractivity contribution is 7.22. The maximum atomic E-state index is 12.5. The highest BCUT2D eigenvalue weighted by Gasteiger charge is 2.23. The smallest absolute Gasteiger partial charge is 0.337 e. The minimum Gasteiger partial charge on any atom is -0.478 e. The van der Waals surface area contributed by atoms with Crippen molar-refractivity contribution in [3.63, 3.8) is 0 Å². The first-order valence-corrected chi connectivity index (χ1v) is 8.56. The fraction of sp³-hybridized carbons (Fsp3) is 0. The summed E-state index contributed by atoms with van der Waals surface area (Å²) in [7, 11) is 0. The minimum absolute atomic E-state index is 0.0339. The van der Waals surface area contributed by atoms with E-state index in [4.69, 9.17) is 28.3 Å². The van der Waals surface area contributed by atoms with Gasteiger partial charge in [0.05, 0.1) is 20.5 Å². The number of carboxylic acid groups (broad SMARTS) is 1. The predicted octanol–water partition coefficient (Wildman–Crippen LogP) is 5.07. The zero-order chi connectivity index (χ0) is 19.0. The third-order valence-corrected chi connectivity index (χ3v) is 5.54. The van der Waals surface area contributed by atoms with E-state index in [1.807, 2.05) is 0 Å². The number of fused-ring (bicyclic) bond motifs is 1. The zero-order valence-corrected chi connectivity index (χ0v) is 15.0. The number of amides is 1. The summed E-state index contributed by atoms with van der Waals surface area (Å²) in [4.78, 5) is 34.2. The van der Waals surface area contributed by atoms with Crippen molar-refractivity contribution in [3.8, 4) is 0 Å². The lowest BCUT2D eigenvalue weighted by Gasteiger charge is -2.06. The number of aromatic carboxylic acids is 1. The van der Waals surface area contributed by atoms with E-state index >= 15 is 0 Å². The van der Waals surface area contributed by atoms with Crippen LogP contribution in [-0.2, 0) is 0 Å². The second-order valence-corrected chi connectivity index (χ2v) is 6.92. The number of carbonyl (C=O) groups excluding carboxylic acids is 1. The maximum absolute atomic E-state index is 12.5. The van der Waals surface area contributed by atoms with Crippen LogP contribution in [0.5, 0.6) is 0 Å². The van der Waals surface area contributed by atoms with Gasteiger partial charge in [0, 0.05) is 17.1 Å². The molecule has 2 aromatic carbocycles. The molecule has 0 aliphatic rings. The first-order chi connectivity index (χ1) is 12.3. The van der Waals surface area contributed by atoms with Crippen LogP contribution in [0.3, 0.4) is 0 Å². The van der Waals surface area contributed by atoms with E-state index in [0.717, 1.165) is 11.3 Å². The number of nitro groups is 1. The number of carboxylic acids is 1. The van der Waals surface area contributed by atoms with Crippen LogP contribution in [0.1, 0.15) is 20.0 Å². The molecule has 3 rings (SSSR count). The Labute approximate surface area is 159 Å². The summed E-state index contributed by atoms with van der Waals surface area (Å²) in [6, 6.07) is 8.37. The number of hydrogen-bond donors (Lipinski definition) is 2. The Kier molecular flexibility index (Phi) is 4.82. The SMILES string of the molecule is O=C(O)c1ccc(NC(=O)c2sc3c([N+](=O)[O-])cccc3c2Cl)cc1Cl. The Bertz CT molecular complexity index is 1080. The first kappa shape index (κ1) is 18.1. The monoisotopic (exact) mass is 410 g/mol. The summed E-state index contributed by atoms with van der Waals surface area (Å²) in [5.74, 6) is -1.77. The fourth-order valence-corrected chi connectivity index (χ4v) is 4.07. The number of nitro benzene ring substituents is 1. The number of hydrogen-bond acceptors (Lipinski definition) is 5. The van der Waals surface area contributed by atoms with Crippen molar-refractivity contribution >= 4 is 67.9 Å². The third-order valence-electron chi connectivity index (χ3n) is 3.49. The van der Waals surface area contributed by atoms with Gasteiger partial charge in [0.1, 0.15) is 9.58 Å². The van der Waals surface area contributed by atoms with Crippen LogP contribution in [0.25, 0.3) is 10.1 Å².